The minimum atomic E-state index is 0.257. The van der Waals surface area contributed by atoms with Gasteiger partial charge < -0.3 is 9.47 Å². The monoisotopic (exact) mass is 309 g/mol. The van der Waals surface area contributed by atoms with Crippen molar-refractivity contribution in [1.82, 2.24) is 25.0 Å². The molecular weight excluding hydrogens is 294 g/mol. The van der Waals surface area contributed by atoms with E-state index in [1.807, 2.05) is 10.7 Å². The second-order valence-corrected chi connectivity index (χ2v) is 5.20. The predicted octanol–water partition coefficient (Wildman–Crippen LogP) is 1.98. The molecule has 7 heteroatoms. The van der Waals surface area contributed by atoms with Gasteiger partial charge in [-0.2, -0.15) is 4.98 Å². The molecule has 1 aromatic carbocycles. The van der Waals surface area contributed by atoms with E-state index in [0.29, 0.717) is 11.4 Å². The third kappa shape index (κ3) is 2.12. The highest BCUT2D eigenvalue weighted by atomic mass is 16.5. The Morgan fingerprint density at radius 1 is 1.09 bits per heavy atom. The molecule has 3 heterocycles. The first-order valence-electron chi connectivity index (χ1n) is 7.29. The van der Waals surface area contributed by atoms with Crippen LogP contribution in [0.15, 0.2) is 30.5 Å². The van der Waals surface area contributed by atoms with Crippen LogP contribution in [0.1, 0.15) is 5.56 Å². The minimum absolute atomic E-state index is 0.257. The maximum Gasteiger partial charge on any atom is 0.319 e. The first-order chi connectivity index (χ1) is 11.3. The van der Waals surface area contributed by atoms with E-state index in [2.05, 4.69) is 38.5 Å². The smallest absolute Gasteiger partial charge is 0.319 e. The molecule has 0 amide bonds. The van der Waals surface area contributed by atoms with Crippen LogP contribution >= 0.6 is 0 Å². The standard InChI is InChI=1S/C16H15N5O2/c1-22-15-12(9-17-16(18-15)23-2)13-14-11-6-4-3-5-10(11)7-8-21(14)20-19-13/h3-6,9H,7-8H2,1-2H3. The number of benzene rings is 1. The van der Waals surface area contributed by atoms with Crippen LogP contribution in [0.2, 0.25) is 0 Å². The molecule has 0 bridgehead atoms. The number of fused-ring (bicyclic) bond motifs is 3. The van der Waals surface area contributed by atoms with Crippen LogP contribution < -0.4 is 9.47 Å². The maximum atomic E-state index is 5.38. The van der Waals surface area contributed by atoms with Gasteiger partial charge in [-0.3, -0.25) is 0 Å². The highest BCUT2D eigenvalue weighted by Crippen LogP contribution is 2.38. The summed E-state index contributed by atoms with van der Waals surface area (Å²) < 4.78 is 12.4. The first kappa shape index (κ1) is 13.7. The van der Waals surface area contributed by atoms with Crippen LogP contribution in [0.5, 0.6) is 11.9 Å². The van der Waals surface area contributed by atoms with Gasteiger partial charge in [-0.25, -0.2) is 9.67 Å². The number of rotatable bonds is 3. The van der Waals surface area contributed by atoms with Gasteiger partial charge in [0.1, 0.15) is 5.69 Å². The molecule has 1 aliphatic rings. The van der Waals surface area contributed by atoms with Gasteiger partial charge in [0.2, 0.25) is 5.88 Å². The van der Waals surface area contributed by atoms with E-state index >= 15 is 0 Å². The van der Waals surface area contributed by atoms with Crippen molar-refractivity contribution in [1.29, 1.82) is 0 Å². The summed E-state index contributed by atoms with van der Waals surface area (Å²) in [5, 5.41) is 8.62. The summed E-state index contributed by atoms with van der Waals surface area (Å²) in [6, 6.07) is 8.55. The Morgan fingerprint density at radius 2 is 1.96 bits per heavy atom. The molecule has 0 radical (unpaired) electrons. The number of methoxy groups -OCH3 is 2. The highest BCUT2D eigenvalue weighted by Gasteiger charge is 2.25. The molecule has 4 rings (SSSR count). The average molecular weight is 309 g/mol. The molecule has 0 fully saturated rings. The Kier molecular flexibility index (Phi) is 3.18. The zero-order valence-corrected chi connectivity index (χ0v) is 12.9. The van der Waals surface area contributed by atoms with Crippen molar-refractivity contribution >= 4 is 0 Å². The van der Waals surface area contributed by atoms with Crippen molar-refractivity contribution in [3.05, 3.63) is 36.0 Å². The second kappa shape index (κ2) is 5.35. The lowest BCUT2D eigenvalue weighted by molar-refractivity contribution is 0.353. The van der Waals surface area contributed by atoms with Gasteiger partial charge >= 0.3 is 6.01 Å². The van der Waals surface area contributed by atoms with Crippen molar-refractivity contribution in [2.24, 2.45) is 0 Å². The average Bonchev–Trinajstić information content (AvgIpc) is 3.05. The zero-order valence-electron chi connectivity index (χ0n) is 12.9. The Balaban J connectivity index is 1.92. The molecule has 23 heavy (non-hydrogen) atoms. The lowest BCUT2D eigenvalue weighted by Crippen LogP contribution is -2.12. The van der Waals surface area contributed by atoms with Crippen LogP contribution in [0.25, 0.3) is 22.5 Å². The minimum Gasteiger partial charge on any atom is -0.480 e. The Hall–Kier alpha value is -2.96. The molecule has 116 valence electrons. The summed E-state index contributed by atoms with van der Waals surface area (Å²) in [6.45, 7) is 0.804. The summed E-state index contributed by atoms with van der Waals surface area (Å²) >= 11 is 0. The van der Waals surface area contributed by atoms with E-state index in [1.54, 1.807) is 13.3 Å². The van der Waals surface area contributed by atoms with Gasteiger partial charge in [0.15, 0.2) is 0 Å². The predicted molar refractivity (Wildman–Crippen MR) is 83.3 cm³/mol. The van der Waals surface area contributed by atoms with E-state index in [4.69, 9.17) is 9.47 Å². The molecule has 0 saturated heterocycles. The normalized spacial score (nSPS) is 12.4. The lowest BCUT2D eigenvalue weighted by Gasteiger charge is -2.18. The number of aryl methyl sites for hydroxylation is 2. The largest absolute Gasteiger partial charge is 0.480 e. The second-order valence-electron chi connectivity index (χ2n) is 5.20. The van der Waals surface area contributed by atoms with E-state index in [-0.39, 0.29) is 6.01 Å². The number of hydrogen-bond acceptors (Lipinski definition) is 6. The number of aromatic nitrogens is 5. The number of nitrogens with zero attached hydrogens (tertiary/aromatic N) is 5. The summed E-state index contributed by atoms with van der Waals surface area (Å²) in [5.74, 6) is 0.420. The number of hydrogen-bond donors (Lipinski definition) is 0. The van der Waals surface area contributed by atoms with Crippen molar-refractivity contribution in [2.45, 2.75) is 13.0 Å². The Labute approximate surface area is 132 Å². The summed E-state index contributed by atoms with van der Waals surface area (Å²) in [7, 11) is 3.08. The Morgan fingerprint density at radius 3 is 2.78 bits per heavy atom. The van der Waals surface area contributed by atoms with Crippen LogP contribution in [0, 0.1) is 0 Å². The van der Waals surface area contributed by atoms with Crippen LogP contribution in [-0.4, -0.2) is 39.2 Å². The lowest BCUT2D eigenvalue weighted by atomic mass is 9.96. The zero-order chi connectivity index (χ0) is 15.8. The van der Waals surface area contributed by atoms with Crippen LogP contribution in [0.3, 0.4) is 0 Å². The van der Waals surface area contributed by atoms with Crippen molar-refractivity contribution in [3.8, 4) is 34.4 Å². The maximum absolute atomic E-state index is 5.38. The molecule has 0 N–H and O–H groups in total. The van der Waals surface area contributed by atoms with Gasteiger partial charge in [-0.05, 0) is 12.0 Å². The molecule has 0 aliphatic carbocycles. The molecular formula is C16H15N5O2. The molecule has 7 nitrogen and oxygen atoms in total. The fourth-order valence-electron chi connectivity index (χ4n) is 2.88. The van der Waals surface area contributed by atoms with Gasteiger partial charge in [-0.1, -0.05) is 29.5 Å². The summed E-state index contributed by atoms with van der Waals surface area (Å²) in [4.78, 5) is 8.41. The molecule has 0 spiro atoms. The SMILES string of the molecule is COc1ncc(-c2nnn3c2-c2ccccc2CC3)c(OC)n1. The van der Waals surface area contributed by atoms with Crippen molar-refractivity contribution in [2.75, 3.05) is 14.2 Å². The molecule has 2 aromatic heterocycles. The van der Waals surface area contributed by atoms with Gasteiger partial charge in [0.25, 0.3) is 0 Å². The first-order valence-corrected chi connectivity index (χ1v) is 7.29. The van der Waals surface area contributed by atoms with Gasteiger partial charge in [0, 0.05) is 18.3 Å². The van der Waals surface area contributed by atoms with Gasteiger partial charge in [0.05, 0.1) is 25.5 Å². The molecule has 0 saturated carbocycles. The highest BCUT2D eigenvalue weighted by molar-refractivity contribution is 5.82. The summed E-state index contributed by atoms with van der Waals surface area (Å²) in [5.41, 5.74) is 4.82. The molecule has 0 unspecified atom stereocenters. The van der Waals surface area contributed by atoms with Crippen molar-refractivity contribution < 1.29 is 9.47 Å². The summed E-state index contributed by atoms with van der Waals surface area (Å²) in [6.07, 6.45) is 2.61. The van der Waals surface area contributed by atoms with E-state index in [9.17, 15) is 0 Å². The molecule has 1 aliphatic heterocycles. The van der Waals surface area contributed by atoms with Crippen molar-refractivity contribution in [3.63, 3.8) is 0 Å². The van der Waals surface area contributed by atoms with Crippen LogP contribution in [0.4, 0.5) is 0 Å². The van der Waals surface area contributed by atoms with E-state index in [0.717, 1.165) is 29.9 Å². The Bertz CT molecular complexity index is 875. The third-order valence-electron chi connectivity index (χ3n) is 3.96. The fraction of sp³-hybridized carbons (Fsp3) is 0.250. The quantitative estimate of drug-likeness (QED) is 0.736. The fourth-order valence-corrected chi connectivity index (χ4v) is 2.88. The molecule has 0 atom stereocenters. The topological polar surface area (TPSA) is 75.0 Å². The van der Waals surface area contributed by atoms with E-state index in [1.165, 1.54) is 12.7 Å². The number of ether oxygens (including phenoxy) is 2. The molecule has 3 aromatic rings. The van der Waals surface area contributed by atoms with Crippen LogP contribution in [-0.2, 0) is 13.0 Å². The van der Waals surface area contributed by atoms with Gasteiger partial charge in [-0.15, -0.1) is 5.10 Å². The third-order valence-corrected chi connectivity index (χ3v) is 3.96. The van der Waals surface area contributed by atoms with E-state index < -0.39 is 0 Å².